The summed E-state index contributed by atoms with van der Waals surface area (Å²) in [6.07, 6.45) is -2.91. The molecule has 1 unspecified atom stereocenters. The molecule has 5 N–H and O–H groups in total. The predicted octanol–water partition coefficient (Wildman–Crippen LogP) is -0.913. The lowest BCUT2D eigenvalue weighted by Crippen LogP contribution is -2.67. The molecule has 2 rings (SSSR count). The average Bonchev–Trinajstić information content (AvgIpc) is 2.55. The van der Waals surface area contributed by atoms with Crippen molar-refractivity contribution in [3.05, 3.63) is 35.9 Å². The van der Waals surface area contributed by atoms with Crippen molar-refractivity contribution < 1.29 is 25.5 Å². The Bertz CT molecular complexity index is 443. The van der Waals surface area contributed by atoms with E-state index in [0.29, 0.717) is 6.54 Å². The number of likely N-dealkylation sites (tertiary alicyclic amines) is 1. The third-order valence-electron chi connectivity index (χ3n) is 4.33. The van der Waals surface area contributed by atoms with E-state index in [1.807, 2.05) is 18.2 Å². The highest BCUT2D eigenvalue weighted by Crippen LogP contribution is 2.23. The van der Waals surface area contributed by atoms with E-state index in [1.54, 1.807) is 0 Å². The Balaban J connectivity index is 1.86. The number of aliphatic hydroxyl groups excluding tert-OH is 5. The molecule has 0 aliphatic carbocycles. The van der Waals surface area contributed by atoms with Crippen LogP contribution in [0.1, 0.15) is 18.4 Å². The maximum Gasteiger partial charge on any atom is 0.136 e. The summed E-state index contributed by atoms with van der Waals surface area (Å²) in [7, 11) is 0. The summed E-state index contributed by atoms with van der Waals surface area (Å²) in [6.45, 7) is 0.0424. The second kappa shape index (κ2) is 8.01. The average molecular weight is 311 g/mol. The van der Waals surface area contributed by atoms with Crippen molar-refractivity contribution in [2.45, 2.75) is 49.8 Å². The minimum absolute atomic E-state index is 0.388. The first-order valence-corrected chi connectivity index (χ1v) is 7.69. The number of rotatable bonds is 6. The molecule has 0 radical (unpaired) electrons. The summed E-state index contributed by atoms with van der Waals surface area (Å²) >= 11 is 0. The highest BCUT2D eigenvalue weighted by atomic mass is 16.4. The highest BCUT2D eigenvalue weighted by molar-refractivity contribution is 5.14. The van der Waals surface area contributed by atoms with Crippen LogP contribution in [-0.2, 0) is 6.42 Å². The lowest BCUT2D eigenvalue weighted by atomic mass is 9.92. The molecule has 1 aromatic rings. The largest absolute Gasteiger partial charge is 0.395 e. The van der Waals surface area contributed by atoms with Gasteiger partial charge in [-0.1, -0.05) is 30.3 Å². The Morgan fingerprint density at radius 2 is 1.55 bits per heavy atom. The zero-order chi connectivity index (χ0) is 16.1. The molecular weight excluding hydrogens is 286 g/mol. The Kier molecular flexibility index (Phi) is 6.31. The van der Waals surface area contributed by atoms with Gasteiger partial charge in [-0.15, -0.1) is 0 Å². The first-order valence-electron chi connectivity index (χ1n) is 7.69. The lowest BCUT2D eigenvalue weighted by Gasteiger charge is -2.46. The number of aliphatic hydroxyl groups is 5. The molecule has 124 valence electrons. The van der Waals surface area contributed by atoms with Crippen LogP contribution in [-0.4, -0.2) is 74.2 Å². The standard InChI is InChI=1S/C16H25NO5/c18-10-12-13(19)14(20)15(21)16(22)17(12)9-5-4-8-11-6-2-1-3-7-11/h1-3,6-7,12-16,18-22H,4-5,8-10H2/t12-,13-,14+,15-,16?/m1/s1. The topological polar surface area (TPSA) is 104 Å². The third kappa shape index (κ3) is 3.84. The van der Waals surface area contributed by atoms with Gasteiger partial charge in [0.15, 0.2) is 0 Å². The summed E-state index contributed by atoms with van der Waals surface area (Å²) < 4.78 is 0. The highest BCUT2D eigenvalue weighted by Gasteiger charge is 2.46. The molecule has 1 fully saturated rings. The van der Waals surface area contributed by atoms with Crippen LogP contribution in [0.15, 0.2) is 30.3 Å². The van der Waals surface area contributed by atoms with Gasteiger partial charge in [0.25, 0.3) is 0 Å². The molecule has 0 bridgehead atoms. The van der Waals surface area contributed by atoms with Gasteiger partial charge in [0, 0.05) is 6.54 Å². The maximum absolute atomic E-state index is 10.0. The number of aryl methyl sites for hydroxylation is 1. The van der Waals surface area contributed by atoms with E-state index in [-0.39, 0.29) is 6.61 Å². The van der Waals surface area contributed by atoms with Gasteiger partial charge in [0.1, 0.15) is 24.5 Å². The van der Waals surface area contributed by atoms with Crippen LogP contribution >= 0.6 is 0 Å². The van der Waals surface area contributed by atoms with Crippen molar-refractivity contribution in [1.29, 1.82) is 0 Å². The SMILES string of the molecule is OC[C@@H]1[C@@H](O)[C@H](O)[C@@H](O)C(O)N1CCCCc1ccccc1. The van der Waals surface area contributed by atoms with Crippen LogP contribution in [0.3, 0.4) is 0 Å². The summed E-state index contributed by atoms with van der Waals surface area (Å²) in [4.78, 5) is 1.47. The minimum Gasteiger partial charge on any atom is -0.395 e. The quantitative estimate of drug-likeness (QED) is 0.436. The molecule has 1 saturated heterocycles. The normalized spacial score (nSPS) is 33.0. The Morgan fingerprint density at radius 3 is 2.18 bits per heavy atom. The first-order chi connectivity index (χ1) is 10.6. The Hall–Kier alpha value is -1.02. The Morgan fingerprint density at radius 1 is 0.864 bits per heavy atom. The number of unbranched alkanes of at least 4 members (excludes halogenated alkanes) is 1. The van der Waals surface area contributed by atoms with Crippen molar-refractivity contribution >= 4 is 0 Å². The molecule has 1 aromatic carbocycles. The van der Waals surface area contributed by atoms with Gasteiger partial charge in [-0.3, -0.25) is 4.90 Å². The molecule has 0 aromatic heterocycles. The van der Waals surface area contributed by atoms with E-state index in [9.17, 15) is 25.5 Å². The number of nitrogens with zero attached hydrogens (tertiary/aromatic N) is 1. The van der Waals surface area contributed by atoms with E-state index < -0.39 is 30.6 Å². The molecule has 5 atom stereocenters. The summed E-state index contributed by atoms with van der Waals surface area (Å²) in [6, 6.07) is 9.27. The monoisotopic (exact) mass is 311 g/mol. The lowest BCUT2D eigenvalue weighted by molar-refractivity contribution is -0.222. The molecule has 22 heavy (non-hydrogen) atoms. The number of benzene rings is 1. The van der Waals surface area contributed by atoms with Crippen LogP contribution in [0.4, 0.5) is 0 Å². The minimum atomic E-state index is -1.45. The molecule has 1 aliphatic heterocycles. The summed E-state index contributed by atoms with van der Waals surface area (Å²) in [5, 5.41) is 48.7. The van der Waals surface area contributed by atoms with Crippen LogP contribution in [0.5, 0.6) is 0 Å². The van der Waals surface area contributed by atoms with Gasteiger partial charge in [-0.2, -0.15) is 0 Å². The fourth-order valence-electron chi connectivity index (χ4n) is 2.97. The van der Waals surface area contributed by atoms with Crippen molar-refractivity contribution in [2.75, 3.05) is 13.2 Å². The predicted molar refractivity (Wildman–Crippen MR) is 81.0 cm³/mol. The first kappa shape index (κ1) is 17.3. The molecule has 6 nitrogen and oxygen atoms in total. The second-order valence-electron chi connectivity index (χ2n) is 5.82. The molecule has 0 spiro atoms. The number of piperidine rings is 1. The second-order valence-corrected chi connectivity index (χ2v) is 5.82. The molecule has 6 heteroatoms. The van der Waals surface area contributed by atoms with Gasteiger partial charge in [-0.05, 0) is 24.8 Å². The van der Waals surface area contributed by atoms with Crippen molar-refractivity contribution in [1.82, 2.24) is 4.90 Å². The van der Waals surface area contributed by atoms with Gasteiger partial charge in [-0.25, -0.2) is 0 Å². The molecule has 1 heterocycles. The summed E-state index contributed by atoms with van der Waals surface area (Å²) in [5.41, 5.74) is 1.23. The van der Waals surface area contributed by atoms with E-state index in [2.05, 4.69) is 12.1 Å². The molecule has 0 saturated carbocycles. The van der Waals surface area contributed by atoms with Crippen molar-refractivity contribution in [3.8, 4) is 0 Å². The van der Waals surface area contributed by atoms with Gasteiger partial charge >= 0.3 is 0 Å². The maximum atomic E-state index is 10.0. The summed E-state index contributed by atoms with van der Waals surface area (Å²) in [5.74, 6) is 0. The fourth-order valence-corrected chi connectivity index (χ4v) is 2.97. The van der Waals surface area contributed by atoms with Gasteiger partial charge in [0.2, 0.25) is 0 Å². The fraction of sp³-hybridized carbons (Fsp3) is 0.625. The van der Waals surface area contributed by atoms with Crippen molar-refractivity contribution in [3.63, 3.8) is 0 Å². The number of hydrogen-bond donors (Lipinski definition) is 5. The zero-order valence-corrected chi connectivity index (χ0v) is 12.5. The van der Waals surface area contributed by atoms with E-state index in [0.717, 1.165) is 19.3 Å². The van der Waals surface area contributed by atoms with E-state index in [1.165, 1.54) is 10.5 Å². The van der Waals surface area contributed by atoms with Crippen LogP contribution in [0.2, 0.25) is 0 Å². The zero-order valence-electron chi connectivity index (χ0n) is 12.5. The molecular formula is C16H25NO5. The third-order valence-corrected chi connectivity index (χ3v) is 4.33. The van der Waals surface area contributed by atoms with Crippen molar-refractivity contribution in [2.24, 2.45) is 0 Å². The van der Waals surface area contributed by atoms with Crippen LogP contribution < -0.4 is 0 Å². The smallest absolute Gasteiger partial charge is 0.136 e. The van der Waals surface area contributed by atoms with Crippen LogP contribution in [0, 0.1) is 0 Å². The molecule has 0 amide bonds. The Labute approximate surface area is 130 Å². The number of hydrogen-bond acceptors (Lipinski definition) is 6. The van der Waals surface area contributed by atoms with Crippen LogP contribution in [0.25, 0.3) is 0 Å². The van der Waals surface area contributed by atoms with Gasteiger partial charge in [0.05, 0.1) is 12.6 Å². The van der Waals surface area contributed by atoms with E-state index >= 15 is 0 Å². The van der Waals surface area contributed by atoms with E-state index in [4.69, 9.17) is 0 Å². The molecule has 1 aliphatic rings. The van der Waals surface area contributed by atoms with Gasteiger partial charge < -0.3 is 25.5 Å².